The second kappa shape index (κ2) is 8.38. The Morgan fingerprint density at radius 1 is 1.03 bits per heavy atom. The van der Waals surface area contributed by atoms with Crippen LogP contribution in [0, 0.1) is 31.4 Å². The second-order valence-corrected chi connectivity index (χ2v) is 8.02. The summed E-state index contributed by atoms with van der Waals surface area (Å²) in [6, 6.07) is 13.1. The van der Waals surface area contributed by atoms with Gasteiger partial charge in [-0.3, -0.25) is 9.36 Å². The average Bonchev–Trinajstić information content (AvgIpc) is 2.68. The minimum Gasteiger partial charge on any atom is -0.369 e. The normalized spacial score (nSPS) is 14.9. The van der Waals surface area contributed by atoms with Crippen LogP contribution in [0.3, 0.4) is 0 Å². The standard InChI is InChI=1S/C24H25F2N3O/c1-16-12-24(30)29(17(2)27-16)21-6-7-23(22(26)15-21)28-10-8-18(9-11-28)13-19-4-3-5-20(25)14-19/h3-7,12,14-15,18H,8-11,13H2,1-2H3. The average molecular weight is 409 g/mol. The fourth-order valence-corrected chi connectivity index (χ4v) is 4.32. The Labute approximate surface area is 174 Å². The molecular formula is C24H25F2N3O. The zero-order chi connectivity index (χ0) is 21.3. The maximum atomic E-state index is 14.9. The van der Waals surface area contributed by atoms with Gasteiger partial charge in [-0.1, -0.05) is 12.1 Å². The number of anilines is 1. The Balaban J connectivity index is 1.47. The van der Waals surface area contributed by atoms with Gasteiger partial charge in [0.05, 0.1) is 11.4 Å². The largest absolute Gasteiger partial charge is 0.369 e. The van der Waals surface area contributed by atoms with Crippen molar-refractivity contribution in [3.05, 3.63) is 87.6 Å². The van der Waals surface area contributed by atoms with E-state index >= 15 is 0 Å². The Hall–Kier alpha value is -3.02. The molecule has 0 N–H and O–H groups in total. The second-order valence-electron chi connectivity index (χ2n) is 8.02. The molecular weight excluding hydrogens is 384 g/mol. The fourth-order valence-electron chi connectivity index (χ4n) is 4.32. The molecule has 30 heavy (non-hydrogen) atoms. The van der Waals surface area contributed by atoms with Gasteiger partial charge in [-0.25, -0.2) is 13.8 Å². The number of benzene rings is 2. The van der Waals surface area contributed by atoms with Crippen LogP contribution in [-0.4, -0.2) is 22.6 Å². The van der Waals surface area contributed by atoms with Gasteiger partial charge in [0.25, 0.3) is 5.56 Å². The van der Waals surface area contributed by atoms with Crippen LogP contribution in [0.5, 0.6) is 0 Å². The molecule has 2 aromatic carbocycles. The molecule has 2 heterocycles. The number of rotatable bonds is 4. The van der Waals surface area contributed by atoms with Crippen molar-refractivity contribution in [2.24, 2.45) is 5.92 Å². The van der Waals surface area contributed by atoms with Gasteiger partial charge >= 0.3 is 0 Å². The minimum atomic E-state index is -0.344. The summed E-state index contributed by atoms with van der Waals surface area (Å²) < 4.78 is 29.8. The van der Waals surface area contributed by atoms with Crippen LogP contribution in [0.2, 0.25) is 0 Å². The summed E-state index contributed by atoms with van der Waals surface area (Å²) in [6.07, 6.45) is 2.70. The molecule has 0 aliphatic carbocycles. The van der Waals surface area contributed by atoms with Crippen LogP contribution in [-0.2, 0) is 6.42 Å². The van der Waals surface area contributed by atoms with Crippen LogP contribution >= 0.6 is 0 Å². The minimum absolute atomic E-state index is 0.204. The maximum absolute atomic E-state index is 14.9. The predicted molar refractivity (Wildman–Crippen MR) is 114 cm³/mol. The Morgan fingerprint density at radius 3 is 2.47 bits per heavy atom. The molecule has 0 spiro atoms. The van der Waals surface area contributed by atoms with Gasteiger partial charge in [-0.2, -0.15) is 0 Å². The highest BCUT2D eigenvalue weighted by Crippen LogP contribution is 2.29. The van der Waals surface area contributed by atoms with Crippen molar-refractivity contribution >= 4 is 5.69 Å². The highest BCUT2D eigenvalue weighted by Gasteiger charge is 2.22. The zero-order valence-corrected chi connectivity index (χ0v) is 17.2. The summed E-state index contributed by atoms with van der Waals surface area (Å²) in [5.74, 6) is 0.448. The number of halogens is 2. The van der Waals surface area contributed by atoms with Gasteiger partial charge in [0.15, 0.2) is 0 Å². The van der Waals surface area contributed by atoms with Gasteiger partial charge in [0.2, 0.25) is 0 Å². The monoisotopic (exact) mass is 409 g/mol. The van der Waals surface area contributed by atoms with Crippen molar-refractivity contribution in [1.82, 2.24) is 9.55 Å². The first-order chi connectivity index (χ1) is 14.4. The van der Waals surface area contributed by atoms with Crippen molar-refractivity contribution in [2.75, 3.05) is 18.0 Å². The van der Waals surface area contributed by atoms with E-state index in [1.54, 1.807) is 38.1 Å². The lowest BCUT2D eigenvalue weighted by molar-refractivity contribution is 0.400. The first-order valence-corrected chi connectivity index (χ1v) is 10.3. The van der Waals surface area contributed by atoms with Crippen molar-refractivity contribution in [2.45, 2.75) is 33.1 Å². The summed E-state index contributed by atoms with van der Waals surface area (Å²) >= 11 is 0. The lowest BCUT2D eigenvalue weighted by atomic mass is 9.90. The van der Waals surface area contributed by atoms with E-state index in [1.807, 2.05) is 11.0 Å². The molecule has 0 unspecified atom stereocenters. The molecule has 1 aliphatic heterocycles. The van der Waals surface area contributed by atoms with E-state index in [9.17, 15) is 13.6 Å². The van der Waals surface area contributed by atoms with E-state index in [2.05, 4.69) is 4.98 Å². The quantitative estimate of drug-likeness (QED) is 0.633. The molecule has 0 saturated carbocycles. The number of piperidine rings is 1. The highest BCUT2D eigenvalue weighted by atomic mass is 19.1. The first kappa shape index (κ1) is 20.3. The van der Waals surface area contributed by atoms with E-state index in [4.69, 9.17) is 0 Å². The lowest BCUT2D eigenvalue weighted by Crippen LogP contribution is -2.35. The molecule has 1 aromatic heterocycles. The van der Waals surface area contributed by atoms with Gasteiger partial charge in [-0.15, -0.1) is 0 Å². The van der Waals surface area contributed by atoms with Crippen LogP contribution in [0.15, 0.2) is 53.3 Å². The van der Waals surface area contributed by atoms with Crippen molar-refractivity contribution in [3.8, 4) is 5.69 Å². The molecule has 4 rings (SSSR count). The van der Waals surface area contributed by atoms with Gasteiger partial charge < -0.3 is 4.90 Å². The molecule has 1 saturated heterocycles. The summed E-state index contributed by atoms with van der Waals surface area (Å²) in [4.78, 5) is 18.7. The number of nitrogens with zero attached hydrogens (tertiary/aromatic N) is 3. The number of aryl methyl sites for hydroxylation is 2. The summed E-state index contributed by atoms with van der Waals surface area (Å²) in [6.45, 7) is 5.01. The molecule has 4 nitrogen and oxygen atoms in total. The van der Waals surface area contributed by atoms with Crippen LogP contribution in [0.1, 0.15) is 29.9 Å². The van der Waals surface area contributed by atoms with Gasteiger partial charge in [0.1, 0.15) is 17.5 Å². The number of hydrogen-bond acceptors (Lipinski definition) is 3. The van der Waals surface area contributed by atoms with Crippen LogP contribution in [0.25, 0.3) is 5.69 Å². The molecule has 6 heteroatoms. The maximum Gasteiger partial charge on any atom is 0.258 e. The topological polar surface area (TPSA) is 38.1 Å². The highest BCUT2D eigenvalue weighted by molar-refractivity contribution is 5.53. The third-order valence-electron chi connectivity index (χ3n) is 5.77. The molecule has 156 valence electrons. The van der Waals surface area contributed by atoms with E-state index in [0.717, 1.165) is 37.9 Å². The first-order valence-electron chi connectivity index (χ1n) is 10.3. The Morgan fingerprint density at radius 2 is 1.80 bits per heavy atom. The molecule has 0 radical (unpaired) electrons. The van der Waals surface area contributed by atoms with E-state index in [-0.39, 0.29) is 17.2 Å². The van der Waals surface area contributed by atoms with Crippen molar-refractivity contribution in [1.29, 1.82) is 0 Å². The van der Waals surface area contributed by atoms with E-state index < -0.39 is 0 Å². The molecule has 1 aliphatic rings. The lowest BCUT2D eigenvalue weighted by Gasteiger charge is -2.34. The summed E-state index contributed by atoms with van der Waals surface area (Å²) in [7, 11) is 0. The van der Waals surface area contributed by atoms with Gasteiger partial charge in [0, 0.05) is 30.9 Å². The Kier molecular flexibility index (Phi) is 5.66. The molecule has 0 amide bonds. The van der Waals surface area contributed by atoms with E-state index in [1.165, 1.54) is 22.8 Å². The van der Waals surface area contributed by atoms with Crippen molar-refractivity contribution in [3.63, 3.8) is 0 Å². The number of aromatic nitrogens is 2. The molecule has 3 aromatic rings. The van der Waals surface area contributed by atoms with E-state index in [0.29, 0.717) is 28.8 Å². The molecule has 1 fully saturated rings. The summed E-state index contributed by atoms with van der Waals surface area (Å²) in [5, 5.41) is 0. The van der Waals surface area contributed by atoms with Crippen LogP contribution in [0.4, 0.5) is 14.5 Å². The predicted octanol–water partition coefficient (Wildman–Crippen LogP) is 4.59. The van der Waals surface area contributed by atoms with Gasteiger partial charge in [-0.05, 0) is 68.9 Å². The van der Waals surface area contributed by atoms with Crippen molar-refractivity contribution < 1.29 is 8.78 Å². The smallest absolute Gasteiger partial charge is 0.258 e. The molecule has 0 bridgehead atoms. The number of hydrogen-bond donors (Lipinski definition) is 0. The SMILES string of the molecule is Cc1cc(=O)n(-c2ccc(N3CCC(Cc4cccc(F)c4)CC3)c(F)c2)c(C)n1. The fraction of sp³-hybridized carbons (Fsp3) is 0.333. The molecule has 0 atom stereocenters. The third-order valence-corrected chi connectivity index (χ3v) is 5.77. The summed E-state index contributed by atoms with van der Waals surface area (Å²) in [5.41, 5.74) is 2.47. The Bertz CT molecular complexity index is 1120. The zero-order valence-electron chi connectivity index (χ0n) is 17.2. The third kappa shape index (κ3) is 4.27. The van der Waals surface area contributed by atoms with Crippen LogP contribution < -0.4 is 10.5 Å².